The largest absolute Gasteiger partial charge is 0.478 e. The van der Waals surface area contributed by atoms with E-state index in [-0.39, 0.29) is 5.56 Å². The summed E-state index contributed by atoms with van der Waals surface area (Å²) in [5, 5.41) is 10.1. The summed E-state index contributed by atoms with van der Waals surface area (Å²) in [6.45, 7) is 0. The van der Waals surface area contributed by atoms with Crippen LogP contribution in [0, 0.1) is 0 Å². The Morgan fingerprint density at radius 2 is 2.05 bits per heavy atom. The number of carboxylic acid groups (broad SMARTS) is 1. The van der Waals surface area contributed by atoms with E-state index >= 15 is 0 Å². The van der Waals surface area contributed by atoms with Crippen molar-refractivity contribution in [2.45, 2.75) is 35.6 Å². The highest BCUT2D eigenvalue weighted by Crippen LogP contribution is 2.34. The van der Waals surface area contributed by atoms with Gasteiger partial charge in [-0.25, -0.2) is 14.8 Å². The third-order valence-electron chi connectivity index (χ3n) is 3.47. The van der Waals surface area contributed by atoms with Gasteiger partial charge in [0.1, 0.15) is 11.4 Å². The number of hydrogen-bond donors (Lipinski definition) is 1. The summed E-state index contributed by atoms with van der Waals surface area (Å²) in [7, 11) is 0. The zero-order valence-corrected chi connectivity index (χ0v) is 13.6. The SMILES string of the molecule is O=C(O)c1cc(Sc2ncnc3c2CCCC3)ccc1Br. The van der Waals surface area contributed by atoms with E-state index in [2.05, 4.69) is 25.9 Å². The normalized spacial score (nSPS) is 13.8. The van der Waals surface area contributed by atoms with Gasteiger partial charge >= 0.3 is 5.97 Å². The van der Waals surface area contributed by atoms with Gasteiger partial charge in [-0.1, -0.05) is 11.8 Å². The van der Waals surface area contributed by atoms with Gasteiger partial charge in [0.2, 0.25) is 0 Å². The summed E-state index contributed by atoms with van der Waals surface area (Å²) < 4.78 is 0.587. The number of halogens is 1. The van der Waals surface area contributed by atoms with Crippen molar-refractivity contribution in [3.8, 4) is 0 Å². The predicted molar refractivity (Wildman–Crippen MR) is 83.9 cm³/mol. The summed E-state index contributed by atoms with van der Waals surface area (Å²) in [4.78, 5) is 20.8. The average Bonchev–Trinajstić information content (AvgIpc) is 2.49. The maximum Gasteiger partial charge on any atom is 0.336 e. The number of nitrogens with zero attached hydrogens (tertiary/aromatic N) is 2. The van der Waals surface area contributed by atoms with Gasteiger partial charge in [-0.2, -0.15) is 0 Å². The van der Waals surface area contributed by atoms with Gasteiger partial charge in [0.25, 0.3) is 0 Å². The summed E-state index contributed by atoms with van der Waals surface area (Å²) >= 11 is 4.77. The molecule has 0 aliphatic heterocycles. The van der Waals surface area contributed by atoms with Gasteiger partial charge in [-0.3, -0.25) is 0 Å². The van der Waals surface area contributed by atoms with E-state index in [0.717, 1.165) is 34.9 Å². The molecule has 0 amide bonds. The first-order chi connectivity index (χ1) is 10.1. The molecule has 3 rings (SSSR count). The fourth-order valence-electron chi connectivity index (χ4n) is 2.42. The second kappa shape index (κ2) is 6.15. The molecule has 108 valence electrons. The molecule has 0 fully saturated rings. The fraction of sp³-hybridized carbons (Fsp3) is 0.267. The molecule has 1 N–H and O–H groups in total. The van der Waals surface area contributed by atoms with E-state index in [1.165, 1.54) is 23.7 Å². The van der Waals surface area contributed by atoms with Crippen molar-refractivity contribution in [3.05, 3.63) is 45.8 Å². The molecular formula is C15H13BrN2O2S. The Bertz CT molecular complexity index is 706. The Labute approximate surface area is 135 Å². The maximum absolute atomic E-state index is 11.2. The number of aryl methyl sites for hydroxylation is 1. The number of benzene rings is 1. The Hall–Kier alpha value is -1.40. The second-order valence-corrected chi connectivity index (χ2v) is 6.78. The van der Waals surface area contributed by atoms with Crippen LogP contribution >= 0.6 is 27.7 Å². The van der Waals surface area contributed by atoms with Crippen LogP contribution in [0.15, 0.2) is 38.9 Å². The van der Waals surface area contributed by atoms with E-state index in [1.54, 1.807) is 18.5 Å². The molecule has 6 heteroatoms. The van der Waals surface area contributed by atoms with E-state index in [4.69, 9.17) is 0 Å². The molecule has 21 heavy (non-hydrogen) atoms. The lowest BCUT2D eigenvalue weighted by Crippen LogP contribution is -2.07. The van der Waals surface area contributed by atoms with Crippen LogP contribution in [0.25, 0.3) is 0 Å². The number of rotatable bonds is 3. The zero-order chi connectivity index (χ0) is 14.8. The van der Waals surface area contributed by atoms with Crippen LogP contribution in [0.1, 0.15) is 34.5 Å². The molecule has 0 atom stereocenters. The van der Waals surface area contributed by atoms with Gasteiger partial charge in [0.15, 0.2) is 0 Å². The third kappa shape index (κ3) is 3.11. The first kappa shape index (κ1) is 14.5. The molecule has 0 spiro atoms. The number of carbonyl (C=O) groups is 1. The van der Waals surface area contributed by atoms with Crippen molar-refractivity contribution in [3.63, 3.8) is 0 Å². The maximum atomic E-state index is 11.2. The Kier molecular flexibility index (Phi) is 4.26. The van der Waals surface area contributed by atoms with E-state index in [9.17, 15) is 9.90 Å². The van der Waals surface area contributed by atoms with Gasteiger partial charge in [-0.15, -0.1) is 0 Å². The Morgan fingerprint density at radius 3 is 2.86 bits per heavy atom. The summed E-state index contributed by atoms with van der Waals surface area (Å²) in [5.74, 6) is -0.936. The van der Waals surface area contributed by atoms with E-state index in [0.29, 0.717) is 4.47 Å². The standard InChI is InChI=1S/C15H13BrN2O2S/c16-12-6-5-9(7-11(12)15(19)20)21-14-10-3-1-2-4-13(10)17-8-18-14/h5-8H,1-4H2,(H,19,20). The number of aromatic carboxylic acids is 1. The van der Waals surface area contributed by atoms with Crippen molar-refractivity contribution < 1.29 is 9.90 Å². The molecule has 0 saturated carbocycles. The lowest BCUT2D eigenvalue weighted by molar-refractivity contribution is 0.0695. The highest BCUT2D eigenvalue weighted by atomic mass is 79.9. The van der Waals surface area contributed by atoms with Crippen LogP contribution in [0.5, 0.6) is 0 Å². The average molecular weight is 365 g/mol. The number of hydrogen-bond acceptors (Lipinski definition) is 4. The monoisotopic (exact) mass is 364 g/mol. The molecule has 0 bridgehead atoms. The van der Waals surface area contributed by atoms with Crippen molar-refractivity contribution in [1.82, 2.24) is 9.97 Å². The minimum absolute atomic E-state index is 0.267. The molecule has 1 aliphatic carbocycles. The minimum atomic E-state index is -0.936. The van der Waals surface area contributed by atoms with Crippen LogP contribution in [0.4, 0.5) is 0 Å². The predicted octanol–water partition coefficient (Wildman–Crippen LogP) is 3.97. The van der Waals surface area contributed by atoms with Crippen molar-refractivity contribution in [2.75, 3.05) is 0 Å². The second-order valence-electron chi connectivity index (χ2n) is 4.86. The molecule has 2 aromatic rings. The molecule has 0 unspecified atom stereocenters. The van der Waals surface area contributed by atoms with Gasteiger partial charge in [0, 0.05) is 20.6 Å². The lowest BCUT2D eigenvalue weighted by atomic mass is 9.98. The topological polar surface area (TPSA) is 63.1 Å². The molecule has 1 heterocycles. The van der Waals surface area contributed by atoms with Crippen LogP contribution in [0.2, 0.25) is 0 Å². The van der Waals surface area contributed by atoms with Gasteiger partial charge in [-0.05, 0) is 59.8 Å². The summed E-state index contributed by atoms with van der Waals surface area (Å²) in [5.41, 5.74) is 2.62. The van der Waals surface area contributed by atoms with Gasteiger partial charge < -0.3 is 5.11 Å². The number of aromatic nitrogens is 2. The quantitative estimate of drug-likeness (QED) is 0.834. The highest BCUT2D eigenvalue weighted by Gasteiger charge is 2.17. The number of carboxylic acids is 1. The van der Waals surface area contributed by atoms with Crippen LogP contribution in [-0.4, -0.2) is 21.0 Å². The van der Waals surface area contributed by atoms with Crippen molar-refractivity contribution >= 4 is 33.7 Å². The van der Waals surface area contributed by atoms with E-state index < -0.39 is 5.97 Å². The van der Waals surface area contributed by atoms with Crippen LogP contribution < -0.4 is 0 Å². The van der Waals surface area contributed by atoms with Crippen LogP contribution in [0.3, 0.4) is 0 Å². The van der Waals surface area contributed by atoms with Crippen molar-refractivity contribution in [1.29, 1.82) is 0 Å². The minimum Gasteiger partial charge on any atom is -0.478 e. The summed E-state index contributed by atoms with van der Waals surface area (Å²) in [6, 6.07) is 5.34. The highest BCUT2D eigenvalue weighted by molar-refractivity contribution is 9.10. The first-order valence-electron chi connectivity index (χ1n) is 6.68. The molecule has 1 aliphatic rings. The molecule has 1 aromatic heterocycles. The Balaban J connectivity index is 1.94. The Morgan fingerprint density at radius 1 is 1.24 bits per heavy atom. The lowest BCUT2D eigenvalue weighted by Gasteiger charge is -2.16. The van der Waals surface area contributed by atoms with Crippen LogP contribution in [-0.2, 0) is 12.8 Å². The molecule has 0 saturated heterocycles. The fourth-order valence-corrected chi connectivity index (χ4v) is 3.82. The molecular weight excluding hydrogens is 352 g/mol. The molecule has 0 radical (unpaired) electrons. The molecule has 4 nitrogen and oxygen atoms in total. The first-order valence-corrected chi connectivity index (χ1v) is 8.29. The smallest absolute Gasteiger partial charge is 0.336 e. The zero-order valence-electron chi connectivity index (χ0n) is 11.2. The van der Waals surface area contributed by atoms with Gasteiger partial charge in [0.05, 0.1) is 5.56 Å². The number of fused-ring (bicyclic) bond motifs is 1. The third-order valence-corrected chi connectivity index (χ3v) is 5.19. The molecule has 1 aromatic carbocycles. The summed E-state index contributed by atoms with van der Waals surface area (Å²) in [6.07, 6.45) is 5.95. The van der Waals surface area contributed by atoms with E-state index in [1.807, 2.05) is 6.07 Å². The van der Waals surface area contributed by atoms with Crippen molar-refractivity contribution in [2.24, 2.45) is 0 Å².